The molecule has 0 fully saturated rings. The lowest BCUT2D eigenvalue weighted by Gasteiger charge is -2.20. The molecule has 2 aromatic carbocycles. The number of aromatic nitrogens is 1. The van der Waals surface area contributed by atoms with Gasteiger partial charge in [-0.1, -0.05) is 19.1 Å². The third kappa shape index (κ3) is 4.84. The molecule has 9 heteroatoms. The van der Waals surface area contributed by atoms with Crippen LogP contribution in [0.1, 0.15) is 29.3 Å². The molecule has 0 unspecified atom stereocenters. The fraction of sp³-hybridized carbons (Fsp3) is 0.304. The Bertz CT molecular complexity index is 1270. The van der Waals surface area contributed by atoms with E-state index in [9.17, 15) is 18.0 Å². The number of benzene rings is 2. The predicted octanol–water partition coefficient (Wildman–Crippen LogP) is 2.68. The maximum absolute atomic E-state index is 13.2. The van der Waals surface area contributed by atoms with Crippen LogP contribution in [0.25, 0.3) is 10.9 Å². The number of hydrogen-bond acceptors (Lipinski definition) is 5. The molecule has 0 radical (unpaired) electrons. The van der Waals surface area contributed by atoms with Crippen LogP contribution >= 0.6 is 0 Å². The third-order valence-electron chi connectivity index (χ3n) is 5.27. The van der Waals surface area contributed by atoms with E-state index in [0.29, 0.717) is 30.8 Å². The minimum absolute atomic E-state index is 0.0322. The van der Waals surface area contributed by atoms with E-state index in [1.54, 1.807) is 19.2 Å². The Hall–Kier alpha value is -3.17. The van der Waals surface area contributed by atoms with Crippen molar-refractivity contribution in [2.24, 2.45) is 0 Å². The summed E-state index contributed by atoms with van der Waals surface area (Å²) < 4.78 is 32.5. The van der Waals surface area contributed by atoms with E-state index in [0.717, 1.165) is 12.0 Å². The van der Waals surface area contributed by atoms with Gasteiger partial charge in [0, 0.05) is 44.4 Å². The molecule has 0 saturated carbocycles. The molecule has 0 bridgehead atoms. The number of fused-ring (bicyclic) bond motifs is 1. The molecule has 32 heavy (non-hydrogen) atoms. The Morgan fingerprint density at radius 3 is 2.53 bits per heavy atom. The largest absolute Gasteiger partial charge is 0.385 e. The molecule has 3 aromatic rings. The molecule has 1 aromatic heterocycles. The molecular weight excluding hydrogens is 430 g/mol. The summed E-state index contributed by atoms with van der Waals surface area (Å²) in [6, 6.07) is 11.5. The van der Waals surface area contributed by atoms with E-state index in [1.165, 1.54) is 35.7 Å². The number of rotatable bonds is 9. The molecule has 0 aliphatic heterocycles. The molecular formula is C23H27N3O5S. The predicted molar refractivity (Wildman–Crippen MR) is 125 cm³/mol. The van der Waals surface area contributed by atoms with Gasteiger partial charge in [-0.25, -0.2) is 8.42 Å². The normalized spacial score (nSPS) is 11.5. The van der Waals surface area contributed by atoms with E-state index in [4.69, 9.17) is 4.74 Å². The zero-order chi connectivity index (χ0) is 23.3. The highest BCUT2D eigenvalue weighted by Gasteiger charge is 2.23. The molecule has 8 nitrogen and oxygen atoms in total. The first kappa shape index (κ1) is 23.5. The molecule has 0 atom stereocenters. The number of aromatic amines is 1. The van der Waals surface area contributed by atoms with Crippen molar-refractivity contribution < 1.29 is 17.9 Å². The number of nitrogens with zero attached hydrogens (tertiary/aromatic N) is 1. The Morgan fingerprint density at radius 1 is 1.16 bits per heavy atom. The highest BCUT2D eigenvalue weighted by Crippen LogP contribution is 2.24. The zero-order valence-electron chi connectivity index (χ0n) is 18.3. The van der Waals surface area contributed by atoms with Crippen LogP contribution in [0.4, 0.5) is 5.69 Å². The minimum Gasteiger partial charge on any atom is -0.385 e. The minimum atomic E-state index is -3.91. The highest BCUT2D eigenvalue weighted by atomic mass is 32.2. The van der Waals surface area contributed by atoms with Crippen LogP contribution in [0.15, 0.2) is 58.4 Å². The van der Waals surface area contributed by atoms with Crippen molar-refractivity contribution in [1.29, 1.82) is 0 Å². The standard InChI is InChI=1S/C23H27N3O5S/c1-4-16-6-8-17(9-7-16)26(2)32(29,30)18-10-11-21-19(14-18)22(27)20(15-25-21)23(28)24-12-5-13-31-3/h6-11,14-15H,4-5,12-13H2,1-3H3,(H,24,28)(H,25,27). The number of aryl methyl sites for hydroxylation is 1. The first-order valence-corrected chi connectivity index (χ1v) is 11.7. The van der Waals surface area contributed by atoms with Gasteiger partial charge in [0.05, 0.1) is 10.6 Å². The number of ether oxygens (including phenoxy) is 1. The van der Waals surface area contributed by atoms with Crippen LogP contribution in [-0.4, -0.2) is 46.6 Å². The van der Waals surface area contributed by atoms with E-state index in [2.05, 4.69) is 10.3 Å². The molecule has 3 rings (SSSR count). The quantitative estimate of drug-likeness (QED) is 0.480. The average Bonchev–Trinajstić information content (AvgIpc) is 2.81. The summed E-state index contributed by atoms with van der Waals surface area (Å²) in [6.45, 7) is 2.88. The second kappa shape index (κ2) is 9.97. The molecule has 0 aliphatic carbocycles. The molecule has 1 amide bonds. The molecule has 170 valence electrons. The molecule has 1 heterocycles. The number of methoxy groups -OCH3 is 1. The van der Waals surface area contributed by atoms with Gasteiger partial charge in [0.2, 0.25) is 5.43 Å². The lowest BCUT2D eigenvalue weighted by molar-refractivity contribution is 0.0947. The number of pyridine rings is 1. The van der Waals surface area contributed by atoms with Crippen LogP contribution in [0, 0.1) is 0 Å². The van der Waals surface area contributed by atoms with Crippen molar-refractivity contribution in [2.75, 3.05) is 31.6 Å². The van der Waals surface area contributed by atoms with Crippen molar-refractivity contribution in [1.82, 2.24) is 10.3 Å². The fourth-order valence-corrected chi connectivity index (χ4v) is 4.50. The number of hydrogen-bond donors (Lipinski definition) is 2. The molecule has 0 saturated heterocycles. The molecule has 2 N–H and O–H groups in total. The van der Waals surface area contributed by atoms with E-state index >= 15 is 0 Å². The first-order valence-electron chi connectivity index (χ1n) is 10.3. The number of amides is 1. The Morgan fingerprint density at radius 2 is 1.88 bits per heavy atom. The number of carbonyl (C=O) groups excluding carboxylic acids is 1. The van der Waals surface area contributed by atoms with Gasteiger partial charge in [0.15, 0.2) is 0 Å². The lowest BCUT2D eigenvalue weighted by atomic mass is 10.1. The lowest BCUT2D eigenvalue weighted by Crippen LogP contribution is -2.30. The Balaban J connectivity index is 1.94. The number of nitrogens with one attached hydrogen (secondary N) is 2. The monoisotopic (exact) mass is 457 g/mol. The first-order chi connectivity index (χ1) is 15.3. The fourth-order valence-electron chi connectivity index (χ4n) is 3.28. The second-order valence-electron chi connectivity index (χ2n) is 7.33. The summed E-state index contributed by atoms with van der Waals surface area (Å²) in [5.41, 5.74) is 1.45. The van der Waals surface area contributed by atoms with Crippen LogP contribution in [0.5, 0.6) is 0 Å². The van der Waals surface area contributed by atoms with Crippen LogP contribution in [0.2, 0.25) is 0 Å². The van der Waals surface area contributed by atoms with Gasteiger partial charge >= 0.3 is 0 Å². The summed E-state index contributed by atoms with van der Waals surface area (Å²) >= 11 is 0. The molecule has 0 spiro atoms. The van der Waals surface area contributed by atoms with Crippen molar-refractivity contribution in [3.63, 3.8) is 0 Å². The number of anilines is 1. The highest BCUT2D eigenvalue weighted by molar-refractivity contribution is 7.92. The summed E-state index contributed by atoms with van der Waals surface area (Å²) in [7, 11) is -0.872. The van der Waals surface area contributed by atoms with Gasteiger partial charge < -0.3 is 15.0 Å². The second-order valence-corrected chi connectivity index (χ2v) is 9.30. The number of sulfonamides is 1. The zero-order valence-corrected chi connectivity index (χ0v) is 19.2. The number of H-pyrrole nitrogens is 1. The van der Waals surface area contributed by atoms with Crippen LogP contribution in [-0.2, 0) is 21.2 Å². The van der Waals surface area contributed by atoms with Crippen molar-refractivity contribution in [2.45, 2.75) is 24.7 Å². The van der Waals surface area contributed by atoms with Crippen molar-refractivity contribution >= 4 is 32.5 Å². The van der Waals surface area contributed by atoms with E-state index in [1.807, 2.05) is 19.1 Å². The maximum atomic E-state index is 13.2. The van der Waals surface area contributed by atoms with Crippen LogP contribution < -0.4 is 15.1 Å². The van der Waals surface area contributed by atoms with Gasteiger partial charge in [0.1, 0.15) is 5.56 Å². The van der Waals surface area contributed by atoms with Crippen LogP contribution in [0.3, 0.4) is 0 Å². The summed E-state index contributed by atoms with van der Waals surface area (Å²) in [6.07, 6.45) is 2.81. The van der Waals surface area contributed by atoms with Crippen molar-refractivity contribution in [3.8, 4) is 0 Å². The summed E-state index contributed by atoms with van der Waals surface area (Å²) in [5.74, 6) is -0.523. The maximum Gasteiger partial charge on any atom is 0.264 e. The molecule has 0 aliphatic rings. The van der Waals surface area contributed by atoms with Gasteiger partial charge in [-0.2, -0.15) is 0 Å². The smallest absolute Gasteiger partial charge is 0.264 e. The van der Waals surface area contributed by atoms with Gasteiger partial charge in [0.25, 0.3) is 15.9 Å². The van der Waals surface area contributed by atoms with E-state index in [-0.39, 0.29) is 15.8 Å². The van der Waals surface area contributed by atoms with E-state index < -0.39 is 21.4 Å². The third-order valence-corrected chi connectivity index (χ3v) is 7.06. The van der Waals surface area contributed by atoms with Gasteiger partial charge in [-0.3, -0.25) is 13.9 Å². The number of carbonyl (C=O) groups is 1. The summed E-state index contributed by atoms with van der Waals surface area (Å²) in [5, 5.41) is 2.80. The van der Waals surface area contributed by atoms with Crippen molar-refractivity contribution in [3.05, 3.63) is 70.0 Å². The van der Waals surface area contributed by atoms with Gasteiger partial charge in [-0.15, -0.1) is 0 Å². The topological polar surface area (TPSA) is 109 Å². The average molecular weight is 458 g/mol. The summed E-state index contributed by atoms with van der Waals surface area (Å²) in [4.78, 5) is 28.2. The van der Waals surface area contributed by atoms with Gasteiger partial charge in [-0.05, 0) is 48.7 Å². The Kier molecular flexibility index (Phi) is 7.32. The SMILES string of the molecule is CCc1ccc(N(C)S(=O)(=O)c2ccc3[nH]cc(C(=O)NCCCOC)c(=O)c3c2)cc1. The Labute approximate surface area is 187 Å².